The topological polar surface area (TPSA) is 67.6 Å². The molecule has 1 aliphatic rings. The SMILES string of the molecule is CCOc1cc(N)cc(N2CCC(NC(C)=O)C2)c1. The van der Waals surface area contributed by atoms with Crippen LogP contribution in [0, 0.1) is 0 Å². The van der Waals surface area contributed by atoms with Gasteiger partial charge in [0, 0.05) is 49.6 Å². The van der Waals surface area contributed by atoms with Crippen molar-refractivity contribution >= 4 is 17.3 Å². The highest BCUT2D eigenvalue weighted by Crippen LogP contribution is 2.28. The van der Waals surface area contributed by atoms with E-state index in [2.05, 4.69) is 10.2 Å². The number of ether oxygens (including phenoxy) is 1. The van der Waals surface area contributed by atoms with Crippen molar-refractivity contribution in [1.82, 2.24) is 5.32 Å². The monoisotopic (exact) mass is 263 g/mol. The fourth-order valence-corrected chi connectivity index (χ4v) is 2.44. The molecule has 5 heteroatoms. The molecule has 1 aliphatic heterocycles. The van der Waals surface area contributed by atoms with Crippen molar-refractivity contribution in [2.24, 2.45) is 0 Å². The first-order chi connectivity index (χ1) is 9.08. The van der Waals surface area contributed by atoms with E-state index in [1.165, 1.54) is 0 Å². The van der Waals surface area contributed by atoms with Crippen LogP contribution < -0.4 is 20.7 Å². The first-order valence-corrected chi connectivity index (χ1v) is 6.64. The number of nitrogens with two attached hydrogens (primary N) is 1. The van der Waals surface area contributed by atoms with Crippen molar-refractivity contribution in [3.8, 4) is 5.75 Å². The van der Waals surface area contributed by atoms with Crippen molar-refractivity contribution < 1.29 is 9.53 Å². The van der Waals surface area contributed by atoms with Gasteiger partial charge >= 0.3 is 0 Å². The number of hydrogen-bond acceptors (Lipinski definition) is 4. The summed E-state index contributed by atoms with van der Waals surface area (Å²) in [6.45, 7) is 5.86. The Labute approximate surface area is 113 Å². The van der Waals surface area contributed by atoms with Crippen LogP contribution >= 0.6 is 0 Å². The average molecular weight is 263 g/mol. The number of rotatable bonds is 4. The van der Waals surface area contributed by atoms with Crippen molar-refractivity contribution in [3.63, 3.8) is 0 Å². The minimum Gasteiger partial charge on any atom is -0.494 e. The second kappa shape index (κ2) is 5.82. The van der Waals surface area contributed by atoms with Crippen LogP contribution in [0.2, 0.25) is 0 Å². The zero-order valence-electron chi connectivity index (χ0n) is 11.5. The summed E-state index contributed by atoms with van der Waals surface area (Å²) in [5.74, 6) is 0.815. The lowest BCUT2D eigenvalue weighted by molar-refractivity contribution is -0.119. The lowest BCUT2D eigenvalue weighted by atomic mass is 10.2. The summed E-state index contributed by atoms with van der Waals surface area (Å²) in [6, 6.07) is 5.98. The summed E-state index contributed by atoms with van der Waals surface area (Å²) >= 11 is 0. The van der Waals surface area contributed by atoms with E-state index < -0.39 is 0 Å². The molecule has 1 unspecified atom stereocenters. The third-order valence-electron chi connectivity index (χ3n) is 3.19. The van der Waals surface area contributed by atoms with E-state index >= 15 is 0 Å². The second-order valence-electron chi connectivity index (χ2n) is 4.83. The molecule has 0 saturated carbocycles. The molecule has 0 spiro atoms. The van der Waals surface area contributed by atoms with Gasteiger partial charge in [-0.1, -0.05) is 0 Å². The number of benzene rings is 1. The quantitative estimate of drug-likeness (QED) is 0.805. The van der Waals surface area contributed by atoms with Crippen LogP contribution in [0.1, 0.15) is 20.3 Å². The van der Waals surface area contributed by atoms with E-state index in [4.69, 9.17) is 10.5 Å². The van der Waals surface area contributed by atoms with E-state index in [-0.39, 0.29) is 11.9 Å². The minimum absolute atomic E-state index is 0.0226. The molecule has 1 fully saturated rings. The van der Waals surface area contributed by atoms with Crippen LogP contribution in [0.5, 0.6) is 5.75 Å². The largest absolute Gasteiger partial charge is 0.494 e. The van der Waals surface area contributed by atoms with Gasteiger partial charge in [0.15, 0.2) is 0 Å². The number of carbonyl (C=O) groups is 1. The molecule has 0 aromatic heterocycles. The maximum absolute atomic E-state index is 11.1. The zero-order valence-corrected chi connectivity index (χ0v) is 11.5. The van der Waals surface area contributed by atoms with E-state index in [9.17, 15) is 4.79 Å². The fraction of sp³-hybridized carbons (Fsp3) is 0.500. The Bertz CT molecular complexity index is 462. The Kier molecular flexibility index (Phi) is 4.14. The first kappa shape index (κ1) is 13.5. The molecule has 0 aliphatic carbocycles. The van der Waals surface area contributed by atoms with Crippen molar-refractivity contribution in [3.05, 3.63) is 18.2 Å². The van der Waals surface area contributed by atoms with Crippen molar-refractivity contribution in [2.45, 2.75) is 26.3 Å². The molecule has 1 aromatic rings. The summed E-state index contributed by atoms with van der Waals surface area (Å²) in [7, 11) is 0. The number of nitrogen functional groups attached to an aromatic ring is 1. The smallest absolute Gasteiger partial charge is 0.217 e. The van der Waals surface area contributed by atoms with Gasteiger partial charge in [0.25, 0.3) is 0 Å². The lowest BCUT2D eigenvalue weighted by Crippen LogP contribution is -2.35. The van der Waals surface area contributed by atoms with Gasteiger partial charge in [-0.2, -0.15) is 0 Å². The van der Waals surface area contributed by atoms with Gasteiger partial charge < -0.3 is 20.7 Å². The molecular weight excluding hydrogens is 242 g/mol. The number of carbonyl (C=O) groups excluding carboxylic acids is 1. The van der Waals surface area contributed by atoms with Crippen molar-refractivity contribution in [2.75, 3.05) is 30.3 Å². The third kappa shape index (κ3) is 3.53. The highest BCUT2D eigenvalue weighted by molar-refractivity contribution is 5.73. The van der Waals surface area contributed by atoms with Gasteiger partial charge in [0.1, 0.15) is 5.75 Å². The highest BCUT2D eigenvalue weighted by Gasteiger charge is 2.23. The molecule has 0 bridgehead atoms. The maximum atomic E-state index is 11.1. The van der Waals surface area contributed by atoms with E-state index in [0.717, 1.165) is 30.9 Å². The van der Waals surface area contributed by atoms with E-state index in [1.54, 1.807) is 6.92 Å². The van der Waals surface area contributed by atoms with E-state index in [0.29, 0.717) is 12.3 Å². The average Bonchev–Trinajstić information content (AvgIpc) is 2.76. The molecule has 1 atom stereocenters. The van der Waals surface area contributed by atoms with Gasteiger partial charge in [0.05, 0.1) is 6.61 Å². The molecule has 2 rings (SSSR count). The predicted octanol–water partition coefficient (Wildman–Crippen LogP) is 1.38. The molecule has 1 amide bonds. The van der Waals surface area contributed by atoms with Crippen LogP contribution in [0.3, 0.4) is 0 Å². The number of amides is 1. The Morgan fingerprint density at radius 3 is 3.00 bits per heavy atom. The van der Waals surface area contributed by atoms with Crippen LogP contribution in [-0.2, 0) is 4.79 Å². The summed E-state index contributed by atoms with van der Waals surface area (Å²) in [6.07, 6.45) is 0.957. The Morgan fingerprint density at radius 2 is 2.32 bits per heavy atom. The van der Waals surface area contributed by atoms with Crippen molar-refractivity contribution in [1.29, 1.82) is 0 Å². The van der Waals surface area contributed by atoms with Gasteiger partial charge in [0.2, 0.25) is 5.91 Å². The van der Waals surface area contributed by atoms with Gasteiger partial charge in [-0.05, 0) is 19.4 Å². The highest BCUT2D eigenvalue weighted by atomic mass is 16.5. The molecule has 19 heavy (non-hydrogen) atoms. The summed E-state index contributed by atoms with van der Waals surface area (Å²) in [4.78, 5) is 13.3. The number of nitrogens with one attached hydrogen (secondary N) is 1. The Morgan fingerprint density at radius 1 is 1.53 bits per heavy atom. The van der Waals surface area contributed by atoms with Gasteiger partial charge in [-0.25, -0.2) is 0 Å². The number of anilines is 2. The molecule has 1 heterocycles. The predicted molar refractivity (Wildman–Crippen MR) is 76.5 cm³/mol. The van der Waals surface area contributed by atoms with Crippen LogP contribution in [0.25, 0.3) is 0 Å². The third-order valence-corrected chi connectivity index (χ3v) is 3.19. The molecule has 1 aromatic carbocycles. The van der Waals surface area contributed by atoms with E-state index in [1.807, 2.05) is 25.1 Å². The van der Waals surface area contributed by atoms with Crippen LogP contribution in [0.15, 0.2) is 18.2 Å². The first-order valence-electron chi connectivity index (χ1n) is 6.64. The summed E-state index contributed by atoms with van der Waals surface area (Å²) in [5.41, 5.74) is 7.65. The van der Waals surface area contributed by atoms with Crippen LogP contribution in [-0.4, -0.2) is 31.6 Å². The molecule has 1 saturated heterocycles. The maximum Gasteiger partial charge on any atom is 0.217 e. The summed E-state index contributed by atoms with van der Waals surface area (Å²) < 4.78 is 5.50. The standard InChI is InChI=1S/C14H21N3O2/c1-3-19-14-7-11(15)6-13(8-14)17-5-4-12(9-17)16-10(2)18/h6-8,12H,3-5,9,15H2,1-2H3,(H,16,18). The molecule has 104 valence electrons. The van der Waals surface area contributed by atoms with Gasteiger partial charge in [-0.3, -0.25) is 4.79 Å². The second-order valence-corrected chi connectivity index (χ2v) is 4.83. The van der Waals surface area contributed by atoms with Crippen LogP contribution in [0.4, 0.5) is 11.4 Å². The lowest BCUT2D eigenvalue weighted by Gasteiger charge is -2.20. The minimum atomic E-state index is 0.0226. The van der Waals surface area contributed by atoms with Gasteiger partial charge in [-0.15, -0.1) is 0 Å². The normalized spacial score (nSPS) is 18.4. The molecule has 0 radical (unpaired) electrons. The molecule has 5 nitrogen and oxygen atoms in total. The fourth-order valence-electron chi connectivity index (χ4n) is 2.44. The molecular formula is C14H21N3O2. The summed E-state index contributed by atoms with van der Waals surface area (Å²) in [5, 5.41) is 2.95. The Balaban J connectivity index is 2.08. The number of hydrogen-bond donors (Lipinski definition) is 2. The Hall–Kier alpha value is -1.91. The number of nitrogens with zero attached hydrogens (tertiary/aromatic N) is 1. The molecule has 3 N–H and O–H groups in total. The zero-order chi connectivity index (χ0) is 13.8.